The summed E-state index contributed by atoms with van der Waals surface area (Å²) in [6, 6.07) is 1.76. The molecule has 0 aliphatic carbocycles. The fourth-order valence-corrected chi connectivity index (χ4v) is 2.10. The van der Waals surface area contributed by atoms with Crippen LogP contribution in [0.2, 0.25) is 5.02 Å². The second-order valence-corrected chi connectivity index (χ2v) is 4.72. The van der Waals surface area contributed by atoms with Crippen molar-refractivity contribution in [2.45, 2.75) is 33.6 Å². The molecular weight excluding hydrogens is 234 g/mol. The van der Waals surface area contributed by atoms with Crippen molar-refractivity contribution >= 4 is 23.1 Å². The molecule has 0 spiro atoms. The van der Waals surface area contributed by atoms with E-state index in [1.165, 1.54) is 12.8 Å². The molecule has 0 atom stereocenters. The molecule has 1 aromatic heterocycles. The maximum absolute atomic E-state index is 5.97. The molecule has 2 N–H and O–H groups in total. The summed E-state index contributed by atoms with van der Waals surface area (Å²) in [6.07, 6.45) is 4.02. The van der Waals surface area contributed by atoms with E-state index in [-0.39, 0.29) is 0 Å². The van der Waals surface area contributed by atoms with Gasteiger partial charge < -0.3 is 10.6 Å². The predicted molar refractivity (Wildman–Crippen MR) is 75.6 cm³/mol. The third kappa shape index (κ3) is 3.77. The van der Waals surface area contributed by atoms with E-state index in [9.17, 15) is 0 Å². The van der Waals surface area contributed by atoms with Crippen molar-refractivity contribution in [2.24, 2.45) is 5.92 Å². The molecule has 0 aliphatic rings. The van der Waals surface area contributed by atoms with Crippen LogP contribution in [0.1, 0.15) is 33.6 Å². The van der Waals surface area contributed by atoms with E-state index in [0.717, 1.165) is 18.9 Å². The number of nitrogens with two attached hydrogens (primary N) is 1. The lowest BCUT2D eigenvalue weighted by molar-refractivity contribution is 0.485. The van der Waals surface area contributed by atoms with Gasteiger partial charge in [-0.25, -0.2) is 4.98 Å². The van der Waals surface area contributed by atoms with E-state index >= 15 is 0 Å². The monoisotopic (exact) mass is 255 g/mol. The first-order chi connectivity index (χ1) is 8.12. The molecule has 4 heteroatoms. The molecule has 0 saturated heterocycles. The normalized spacial score (nSPS) is 10.9. The van der Waals surface area contributed by atoms with Crippen molar-refractivity contribution in [3.8, 4) is 0 Å². The molecule has 0 fully saturated rings. The number of nitrogens with zero attached hydrogens (tertiary/aromatic N) is 2. The van der Waals surface area contributed by atoms with Crippen LogP contribution < -0.4 is 10.6 Å². The first-order valence-corrected chi connectivity index (χ1v) is 6.66. The van der Waals surface area contributed by atoms with Gasteiger partial charge >= 0.3 is 0 Å². The average Bonchev–Trinajstić information content (AvgIpc) is 2.32. The molecule has 3 nitrogen and oxygen atoms in total. The smallest absolute Gasteiger partial charge is 0.151 e. The van der Waals surface area contributed by atoms with Crippen molar-refractivity contribution in [3.63, 3.8) is 0 Å². The van der Waals surface area contributed by atoms with Crippen LogP contribution in [-0.2, 0) is 0 Å². The van der Waals surface area contributed by atoms with Crippen LogP contribution in [0.5, 0.6) is 0 Å². The molecule has 17 heavy (non-hydrogen) atoms. The maximum atomic E-state index is 5.97. The Morgan fingerprint density at radius 1 is 1.35 bits per heavy atom. The van der Waals surface area contributed by atoms with Crippen LogP contribution in [0.25, 0.3) is 0 Å². The summed E-state index contributed by atoms with van der Waals surface area (Å²) in [5.74, 6) is 1.54. The Hall–Kier alpha value is -0.960. The first kappa shape index (κ1) is 14.1. The zero-order valence-corrected chi connectivity index (χ0v) is 11.7. The van der Waals surface area contributed by atoms with E-state index in [0.29, 0.717) is 16.6 Å². The van der Waals surface area contributed by atoms with Gasteiger partial charge in [0.15, 0.2) is 5.82 Å². The average molecular weight is 256 g/mol. The number of rotatable bonds is 6. The fourth-order valence-electron chi connectivity index (χ4n) is 1.94. The van der Waals surface area contributed by atoms with Crippen LogP contribution in [0.4, 0.5) is 11.5 Å². The Balaban J connectivity index is 2.85. The lowest BCUT2D eigenvalue weighted by Crippen LogP contribution is -2.30. The van der Waals surface area contributed by atoms with Gasteiger partial charge in [0.25, 0.3) is 0 Å². The summed E-state index contributed by atoms with van der Waals surface area (Å²) in [5.41, 5.74) is 6.63. The van der Waals surface area contributed by atoms with Crippen molar-refractivity contribution in [1.82, 2.24) is 4.98 Å². The molecule has 0 radical (unpaired) electrons. The van der Waals surface area contributed by atoms with Gasteiger partial charge in [-0.3, -0.25) is 0 Å². The van der Waals surface area contributed by atoms with Gasteiger partial charge in [-0.05, 0) is 18.9 Å². The summed E-state index contributed by atoms with van der Waals surface area (Å²) < 4.78 is 0. The number of anilines is 2. The van der Waals surface area contributed by atoms with Crippen molar-refractivity contribution in [2.75, 3.05) is 23.7 Å². The van der Waals surface area contributed by atoms with Gasteiger partial charge in [-0.15, -0.1) is 0 Å². The number of halogens is 1. The second kappa shape index (κ2) is 6.70. The van der Waals surface area contributed by atoms with E-state index in [1.54, 1.807) is 12.3 Å². The lowest BCUT2D eigenvalue weighted by atomic mass is 10.0. The highest BCUT2D eigenvalue weighted by Gasteiger charge is 2.14. The standard InChI is InChI=1S/C13H22ClN3/c1-4-10(5-2)9-17(6-3)13-12(15)7-11(14)8-16-13/h7-8,10H,4-6,9,15H2,1-3H3. The highest BCUT2D eigenvalue weighted by Crippen LogP contribution is 2.24. The minimum atomic E-state index is 0.588. The Kier molecular flexibility index (Phi) is 5.56. The van der Waals surface area contributed by atoms with Crippen LogP contribution in [0.15, 0.2) is 12.3 Å². The molecule has 0 amide bonds. The predicted octanol–water partition coefficient (Wildman–Crippen LogP) is 3.58. The largest absolute Gasteiger partial charge is 0.396 e. The van der Waals surface area contributed by atoms with Gasteiger partial charge in [0, 0.05) is 19.3 Å². The Bertz CT molecular complexity index is 351. The summed E-state index contributed by atoms with van der Waals surface area (Å²) in [5, 5.41) is 0.588. The molecule has 1 aromatic rings. The highest BCUT2D eigenvalue weighted by atomic mass is 35.5. The van der Waals surface area contributed by atoms with E-state index < -0.39 is 0 Å². The van der Waals surface area contributed by atoms with Gasteiger partial charge in [0.05, 0.1) is 10.7 Å². The van der Waals surface area contributed by atoms with Crippen LogP contribution in [0, 0.1) is 5.92 Å². The number of aromatic nitrogens is 1. The molecule has 0 unspecified atom stereocenters. The first-order valence-electron chi connectivity index (χ1n) is 6.28. The number of nitrogen functional groups attached to an aromatic ring is 1. The SMILES string of the molecule is CCC(CC)CN(CC)c1ncc(Cl)cc1N. The molecule has 96 valence electrons. The quantitative estimate of drug-likeness (QED) is 0.845. The molecule has 1 rings (SSSR count). The number of hydrogen-bond donors (Lipinski definition) is 1. The van der Waals surface area contributed by atoms with E-state index in [1.807, 2.05) is 0 Å². The minimum absolute atomic E-state index is 0.588. The number of hydrogen-bond acceptors (Lipinski definition) is 3. The van der Waals surface area contributed by atoms with Crippen LogP contribution >= 0.6 is 11.6 Å². The molecule has 1 heterocycles. The summed E-state index contributed by atoms with van der Waals surface area (Å²) in [6.45, 7) is 8.48. The summed E-state index contributed by atoms with van der Waals surface area (Å²) in [4.78, 5) is 6.57. The molecule has 0 aliphatic heterocycles. The summed E-state index contributed by atoms with van der Waals surface area (Å²) >= 11 is 5.86. The van der Waals surface area contributed by atoms with Crippen LogP contribution in [0.3, 0.4) is 0 Å². The second-order valence-electron chi connectivity index (χ2n) is 4.29. The Morgan fingerprint density at radius 3 is 2.47 bits per heavy atom. The number of pyridine rings is 1. The third-order valence-electron chi connectivity index (χ3n) is 3.18. The van der Waals surface area contributed by atoms with Gasteiger partial charge in [0.1, 0.15) is 0 Å². The summed E-state index contributed by atoms with van der Waals surface area (Å²) in [7, 11) is 0. The molecule has 0 saturated carbocycles. The van der Waals surface area contributed by atoms with Crippen molar-refractivity contribution in [3.05, 3.63) is 17.3 Å². The van der Waals surface area contributed by atoms with Gasteiger partial charge in [-0.2, -0.15) is 0 Å². The van der Waals surface area contributed by atoms with E-state index in [2.05, 4.69) is 30.7 Å². The molecular formula is C13H22ClN3. The zero-order chi connectivity index (χ0) is 12.8. The Labute approximate surface area is 109 Å². The van der Waals surface area contributed by atoms with E-state index in [4.69, 9.17) is 17.3 Å². The van der Waals surface area contributed by atoms with Gasteiger partial charge in [0.2, 0.25) is 0 Å². The van der Waals surface area contributed by atoms with Crippen LogP contribution in [-0.4, -0.2) is 18.1 Å². The van der Waals surface area contributed by atoms with Crippen molar-refractivity contribution in [1.29, 1.82) is 0 Å². The topological polar surface area (TPSA) is 42.2 Å². The minimum Gasteiger partial charge on any atom is -0.396 e. The molecule has 0 aromatic carbocycles. The Morgan fingerprint density at radius 2 is 2.00 bits per heavy atom. The fraction of sp³-hybridized carbons (Fsp3) is 0.615. The maximum Gasteiger partial charge on any atom is 0.151 e. The van der Waals surface area contributed by atoms with Crippen molar-refractivity contribution < 1.29 is 0 Å². The third-order valence-corrected chi connectivity index (χ3v) is 3.38. The van der Waals surface area contributed by atoms with Gasteiger partial charge in [-0.1, -0.05) is 38.3 Å². The lowest BCUT2D eigenvalue weighted by Gasteiger charge is -2.27. The molecule has 0 bridgehead atoms. The zero-order valence-electron chi connectivity index (χ0n) is 10.9. The highest BCUT2D eigenvalue weighted by molar-refractivity contribution is 6.30.